The Bertz CT molecular complexity index is 457. The number of nitro benzene ring substituents is 1. The molecule has 0 aliphatic rings. The molecule has 0 aliphatic carbocycles. The van der Waals surface area contributed by atoms with Crippen LogP contribution in [0, 0.1) is 17.0 Å². The predicted molar refractivity (Wildman–Crippen MR) is 66.5 cm³/mol. The molecule has 0 spiro atoms. The highest BCUT2D eigenvalue weighted by Crippen LogP contribution is 2.28. The summed E-state index contributed by atoms with van der Waals surface area (Å²) in [6, 6.07) is 2.93. The van der Waals surface area contributed by atoms with Crippen molar-refractivity contribution < 1.29 is 9.72 Å². The maximum absolute atomic E-state index is 11.5. The summed E-state index contributed by atoms with van der Waals surface area (Å²) in [4.78, 5) is 21.7. The maximum atomic E-state index is 11.5. The fraction of sp³-hybridized carbons (Fsp3) is 0.417. The number of halogens is 1. The molecule has 0 N–H and O–H groups in total. The molecule has 5 heteroatoms. The van der Waals surface area contributed by atoms with Crippen LogP contribution in [0.15, 0.2) is 12.1 Å². The van der Waals surface area contributed by atoms with E-state index in [0.29, 0.717) is 6.42 Å². The molecule has 0 saturated carbocycles. The molecule has 0 fully saturated rings. The Labute approximate surface area is 105 Å². The molecule has 0 saturated heterocycles. The van der Waals surface area contributed by atoms with Crippen LogP contribution in [0.5, 0.6) is 0 Å². The van der Waals surface area contributed by atoms with Crippen molar-refractivity contribution in [1.29, 1.82) is 0 Å². The Balaban J connectivity index is 2.99. The number of carbonyl (C=O) groups is 1. The summed E-state index contributed by atoms with van der Waals surface area (Å²) in [6.07, 6.45) is 1.62. The van der Waals surface area contributed by atoms with Crippen molar-refractivity contribution in [3.63, 3.8) is 0 Å². The lowest BCUT2D eigenvalue weighted by Crippen LogP contribution is -2.04. The average Bonchev–Trinajstić information content (AvgIpc) is 2.22. The van der Waals surface area contributed by atoms with Gasteiger partial charge >= 0.3 is 0 Å². The van der Waals surface area contributed by atoms with E-state index in [9.17, 15) is 14.9 Å². The topological polar surface area (TPSA) is 60.2 Å². The first-order valence-corrected chi connectivity index (χ1v) is 5.78. The van der Waals surface area contributed by atoms with Crippen LogP contribution in [-0.2, 0) is 11.2 Å². The van der Waals surface area contributed by atoms with E-state index in [2.05, 4.69) is 0 Å². The fourth-order valence-electron chi connectivity index (χ4n) is 1.62. The maximum Gasteiger partial charge on any atom is 0.288 e. The summed E-state index contributed by atoms with van der Waals surface area (Å²) in [5.41, 5.74) is 1.38. The van der Waals surface area contributed by atoms with Gasteiger partial charge in [-0.15, -0.1) is 0 Å². The first kappa shape index (κ1) is 13.6. The molecule has 0 amide bonds. The molecule has 1 aromatic carbocycles. The van der Waals surface area contributed by atoms with Gasteiger partial charge in [0.25, 0.3) is 5.69 Å². The smallest absolute Gasteiger partial charge is 0.288 e. The van der Waals surface area contributed by atoms with E-state index < -0.39 is 4.92 Å². The van der Waals surface area contributed by atoms with E-state index in [4.69, 9.17) is 11.6 Å². The third-order valence-corrected chi connectivity index (χ3v) is 2.82. The van der Waals surface area contributed by atoms with Gasteiger partial charge in [-0.3, -0.25) is 14.9 Å². The van der Waals surface area contributed by atoms with E-state index in [0.717, 1.165) is 17.5 Å². The number of aryl methyl sites for hydroxylation is 1. The highest BCUT2D eigenvalue weighted by Gasteiger charge is 2.16. The minimum absolute atomic E-state index is 0.0832. The average molecular weight is 256 g/mol. The lowest BCUT2D eigenvalue weighted by molar-refractivity contribution is -0.384. The quantitative estimate of drug-likeness (QED) is 0.598. The van der Waals surface area contributed by atoms with Gasteiger partial charge in [0.05, 0.1) is 4.92 Å². The number of nitrogens with zero attached hydrogens (tertiary/aromatic N) is 1. The normalized spacial score (nSPS) is 10.3. The summed E-state index contributed by atoms with van der Waals surface area (Å²) in [6.45, 7) is 3.69. The number of nitro groups is 1. The van der Waals surface area contributed by atoms with E-state index in [-0.39, 0.29) is 22.9 Å². The third kappa shape index (κ3) is 3.53. The van der Waals surface area contributed by atoms with E-state index in [1.807, 2.05) is 6.92 Å². The first-order chi connectivity index (χ1) is 7.95. The van der Waals surface area contributed by atoms with Crippen molar-refractivity contribution >= 4 is 23.1 Å². The summed E-state index contributed by atoms with van der Waals surface area (Å²) in [5.74, 6) is 0.125. The Morgan fingerprint density at radius 2 is 2.12 bits per heavy atom. The lowest BCUT2D eigenvalue weighted by atomic mass is 10.0. The summed E-state index contributed by atoms with van der Waals surface area (Å²) in [7, 11) is 0. The second-order valence-electron chi connectivity index (χ2n) is 3.95. The highest BCUT2D eigenvalue weighted by molar-refractivity contribution is 6.32. The van der Waals surface area contributed by atoms with Gasteiger partial charge in [-0.25, -0.2) is 0 Å². The molecule has 0 heterocycles. The van der Waals surface area contributed by atoms with Crippen LogP contribution in [-0.4, -0.2) is 10.7 Å². The molecule has 17 heavy (non-hydrogen) atoms. The predicted octanol–water partition coefficient (Wildman–Crippen LogP) is 3.47. The van der Waals surface area contributed by atoms with Gasteiger partial charge in [0.2, 0.25) is 0 Å². The van der Waals surface area contributed by atoms with Crippen LogP contribution >= 0.6 is 11.6 Å². The minimum Gasteiger partial charge on any atom is -0.299 e. The largest absolute Gasteiger partial charge is 0.299 e. The molecule has 4 nitrogen and oxygen atoms in total. The monoisotopic (exact) mass is 255 g/mol. The Morgan fingerprint density at radius 1 is 1.47 bits per heavy atom. The van der Waals surface area contributed by atoms with Crippen LogP contribution in [0.3, 0.4) is 0 Å². The van der Waals surface area contributed by atoms with Crippen molar-refractivity contribution in [3.8, 4) is 0 Å². The Kier molecular flexibility index (Phi) is 4.63. The molecule has 0 bridgehead atoms. The fourth-order valence-corrected chi connectivity index (χ4v) is 1.87. The molecule has 0 aliphatic heterocycles. The Hall–Kier alpha value is -1.42. The molecule has 1 rings (SSSR count). The zero-order chi connectivity index (χ0) is 13.0. The van der Waals surface area contributed by atoms with Crippen molar-refractivity contribution in [1.82, 2.24) is 0 Å². The number of benzene rings is 1. The third-order valence-electron chi connectivity index (χ3n) is 2.52. The van der Waals surface area contributed by atoms with Gasteiger partial charge in [0.15, 0.2) is 0 Å². The number of rotatable bonds is 5. The molecule has 92 valence electrons. The number of hydrogen-bond donors (Lipinski definition) is 0. The molecule has 0 atom stereocenters. The van der Waals surface area contributed by atoms with Crippen molar-refractivity contribution in [2.75, 3.05) is 0 Å². The van der Waals surface area contributed by atoms with Crippen LogP contribution in [0.1, 0.15) is 30.9 Å². The number of carbonyl (C=O) groups excluding carboxylic acids is 1. The van der Waals surface area contributed by atoms with Gasteiger partial charge in [-0.2, -0.15) is 0 Å². The number of ketones is 1. The van der Waals surface area contributed by atoms with Gasteiger partial charge in [0.1, 0.15) is 10.8 Å². The molecule has 0 radical (unpaired) electrons. The van der Waals surface area contributed by atoms with Crippen LogP contribution < -0.4 is 0 Å². The minimum atomic E-state index is -0.521. The van der Waals surface area contributed by atoms with E-state index in [1.165, 1.54) is 12.1 Å². The zero-order valence-electron chi connectivity index (χ0n) is 9.83. The van der Waals surface area contributed by atoms with E-state index in [1.54, 1.807) is 6.92 Å². The van der Waals surface area contributed by atoms with Crippen LogP contribution in [0.25, 0.3) is 0 Å². The van der Waals surface area contributed by atoms with Gasteiger partial charge in [-0.05, 0) is 30.5 Å². The number of Topliss-reactive ketones (excluding diaryl/α,β-unsaturated/α-hetero) is 1. The SMILES string of the molecule is CCCC(=O)Cc1cc(Cl)c([N+](=O)[O-])cc1C. The molecule has 1 aromatic rings. The van der Waals surface area contributed by atoms with Crippen molar-refractivity contribution in [3.05, 3.63) is 38.4 Å². The first-order valence-electron chi connectivity index (χ1n) is 5.40. The lowest BCUT2D eigenvalue weighted by Gasteiger charge is -2.06. The van der Waals surface area contributed by atoms with Gasteiger partial charge < -0.3 is 0 Å². The summed E-state index contributed by atoms with van der Waals surface area (Å²) >= 11 is 5.80. The summed E-state index contributed by atoms with van der Waals surface area (Å²) in [5, 5.41) is 10.7. The summed E-state index contributed by atoms with van der Waals surface area (Å²) < 4.78 is 0. The second kappa shape index (κ2) is 5.77. The molecule has 0 unspecified atom stereocenters. The highest BCUT2D eigenvalue weighted by atomic mass is 35.5. The number of hydrogen-bond acceptors (Lipinski definition) is 3. The van der Waals surface area contributed by atoms with E-state index >= 15 is 0 Å². The van der Waals surface area contributed by atoms with Crippen molar-refractivity contribution in [2.45, 2.75) is 33.1 Å². The van der Waals surface area contributed by atoms with Gasteiger partial charge in [0, 0.05) is 18.9 Å². The van der Waals surface area contributed by atoms with Gasteiger partial charge in [-0.1, -0.05) is 18.5 Å². The standard InChI is InChI=1S/C12H14ClNO3/c1-3-4-10(15)6-9-7-11(13)12(14(16)17)5-8(9)2/h5,7H,3-4,6H2,1-2H3. The molecular weight excluding hydrogens is 242 g/mol. The Morgan fingerprint density at radius 3 is 2.65 bits per heavy atom. The molecule has 0 aromatic heterocycles. The second-order valence-corrected chi connectivity index (χ2v) is 4.36. The van der Waals surface area contributed by atoms with Crippen LogP contribution in [0.4, 0.5) is 5.69 Å². The van der Waals surface area contributed by atoms with Crippen LogP contribution in [0.2, 0.25) is 5.02 Å². The van der Waals surface area contributed by atoms with Crippen molar-refractivity contribution in [2.24, 2.45) is 0 Å². The molecular formula is C12H14ClNO3. The zero-order valence-corrected chi connectivity index (χ0v) is 10.6.